The van der Waals surface area contributed by atoms with E-state index < -0.39 is 0 Å². The minimum atomic E-state index is 0.466. The topological polar surface area (TPSA) is 52.3 Å². The van der Waals surface area contributed by atoms with Gasteiger partial charge in [-0.1, -0.05) is 11.6 Å². The second-order valence-corrected chi connectivity index (χ2v) is 5.61. The Hall–Kier alpha value is -2.66. The number of aromatic nitrogens is 3. The van der Waals surface area contributed by atoms with Gasteiger partial charge in [0, 0.05) is 16.1 Å². The Morgan fingerprint density at radius 2 is 1.96 bits per heavy atom. The van der Waals surface area contributed by atoms with Gasteiger partial charge in [0.1, 0.15) is 18.6 Å². The van der Waals surface area contributed by atoms with E-state index in [1.54, 1.807) is 13.4 Å². The Kier molecular flexibility index (Phi) is 3.35. The summed E-state index contributed by atoms with van der Waals surface area (Å²) < 4.78 is 7.17. The highest BCUT2D eigenvalue weighted by atomic mass is 35.5. The molecule has 0 atom stereocenters. The van der Waals surface area contributed by atoms with Gasteiger partial charge < -0.3 is 4.74 Å². The Labute approximate surface area is 138 Å². The summed E-state index contributed by atoms with van der Waals surface area (Å²) in [5.74, 6) is 1.61. The predicted molar refractivity (Wildman–Crippen MR) is 88.7 cm³/mol. The van der Waals surface area contributed by atoms with Crippen molar-refractivity contribution in [3.63, 3.8) is 0 Å². The van der Waals surface area contributed by atoms with Crippen LogP contribution >= 0.6 is 11.6 Å². The van der Waals surface area contributed by atoms with Gasteiger partial charge in [-0.25, -0.2) is 0 Å². The van der Waals surface area contributed by atoms with Crippen molar-refractivity contribution in [2.75, 3.05) is 7.11 Å². The van der Waals surface area contributed by atoms with Crippen LogP contribution < -0.4 is 4.74 Å². The molecule has 0 fully saturated rings. The van der Waals surface area contributed by atoms with Crippen molar-refractivity contribution in [2.45, 2.75) is 6.54 Å². The molecule has 0 saturated carbocycles. The molecule has 0 spiro atoms. The van der Waals surface area contributed by atoms with Crippen LogP contribution in [0.2, 0.25) is 5.02 Å². The smallest absolute Gasteiger partial charge is 0.159 e. The van der Waals surface area contributed by atoms with Crippen LogP contribution in [0.15, 0.2) is 53.8 Å². The van der Waals surface area contributed by atoms with E-state index >= 15 is 0 Å². The Bertz CT molecular complexity index is 899. The van der Waals surface area contributed by atoms with Crippen LogP contribution in [0.3, 0.4) is 0 Å². The second kappa shape index (κ2) is 5.52. The highest BCUT2D eigenvalue weighted by molar-refractivity contribution is 6.31. The lowest BCUT2D eigenvalue weighted by Crippen LogP contribution is -2.07. The van der Waals surface area contributed by atoms with Crippen molar-refractivity contribution in [2.24, 2.45) is 4.99 Å². The average molecular weight is 325 g/mol. The zero-order valence-electron chi connectivity index (χ0n) is 12.4. The van der Waals surface area contributed by atoms with E-state index in [1.807, 2.05) is 47.0 Å². The normalized spacial score (nSPS) is 12.9. The average Bonchev–Trinajstić information content (AvgIpc) is 2.99. The second-order valence-electron chi connectivity index (χ2n) is 5.17. The van der Waals surface area contributed by atoms with Crippen LogP contribution in [0, 0.1) is 0 Å². The van der Waals surface area contributed by atoms with Gasteiger partial charge in [0.25, 0.3) is 0 Å². The lowest BCUT2D eigenvalue weighted by molar-refractivity contribution is 0.415. The van der Waals surface area contributed by atoms with E-state index in [1.165, 1.54) is 0 Å². The van der Waals surface area contributed by atoms with Crippen molar-refractivity contribution in [1.29, 1.82) is 0 Å². The molecule has 23 heavy (non-hydrogen) atoms. The predicted octanol–water partition coefficient (Wildman–Crippen LogP) is 3.28. The molecule has 4 rings (SSSR count). The van der Waals surface area contributed by atoms with Gasteiger partial charge >= 0.3 is 0 Å². The van der Waals surface area contributed by atoms with Crippen molar-refractivity contribution < 1.29 is 4.74 Å². The number of fused-ring (bicyclic) bond motifs is 3. The third-order valence-corrected chi connectivity index (χ3v) is 4.07. The van der Waals surface area contributed by atoms with Crippen LogP contribution in [0.4, 0.5) is 0 Å². The van der Waals surface area contributed by atoms with Crippen LogP contribution in [-0.2, 0) is 6.54 Å². The maximum absolute atomic E-state index is 6.22. The van der Waals surface area contributed by atoms with Crippen molar-refractivity contribution >= 4 is 17.3 Å². The quantitative estimate of drug-likeness (QED) is 0.727. The van der Waals surface area contributed by atoms with Gasteiger partial charge in [0.05, 0.1) is 18.5 Å². The van der Waals surface area contributed by atoms with E-state index in [0.717, 1.165) is 34.1 Å². The summed E-state index contributed by atoms with van der Waals surface area (Å²) in [5.41, 5.74) is 3.83. The number of aliphatic imine (C=N–C) groups is 1. The molecule has 0 unspecified atom stereocenters. The molecule has 0 bridgehead atoms. The molecule has 0 radical (unpaired) electrons. The fourth-order valence-electron chi connectivity index (χ4n) is 2.71. The molecule has 2 heterocycles. The van der Waals surface area contributed by atoms with Crippen LogP contribution in [0.25, 0.3) is 5.69 Å². The molecule has 3 aromatic rings. The molecule has 2 aromatic carbocycles. The van der Waals surface area contributed by atoms with Crippen LogP contribution in [-0.4, -0.2) is 27.6 Å². The molecule has 0 saturated heterocycles. The third-order valence-electron chi connectivity index (χ3n) is 3.83. The number of hydrogen-bond donors (Lipinski definition) is 0. The minimum absolute atomic E-state index is 0.466. The summed E-state index contributed by atoms with van der Waals surface area (Å²) in [4.78, 5) is 4.74. The molecule has 1 aliphatic heterocycles. The molecule has 0 N–H and O–H groups in total. The Morgan fingerprint density at radius 1 is 1.13 bits per heavy atom. The van der Waals surface area contributed by atoms with Crippen LogP contribution in [0.1, 0.15) is 17.0 Å². The van der Waals surface area contributed by atoms with Gasteiger partial charge in [0.15, 0.2) is 5.82 Å². The number of ether oxygens (including phenoxy) is 1. The summed E-state index contributed by atoms with van der Waals surface area (Å²) in [6, 6.07) is 13.6. The summed E-state index contributed by atoms with van der Waals surface area (Å²) in [7, 11) is 1.65. The summed E-state index contributed by atoms with van der Waals surface area (Å²) in [6.45, 7) is 0.466. The fourth-order valence-corrected chi connectivity index (χ4v) is 2.88. The summed E-state index contributed by atoms with van der Waals surface area (Å²) >= 11 is 6.22. The highest BCUT2D eigenvalue weighted by Gasteiger charge is 2.20. The number of benzene rings is 2. The van der Waals surface area contributed by atoms with Crippen molar-refractivity contribution in [3.05, 3.63) is 70.8 Å². The molecule has 0 amide bonds. The number of hydrogen-bond acceptors (Lipinski definition) is 4. The molecule has 0 aliphatic carbocycles. The molecule has 1 aliphatic rings. The first-order valence-electron chi connectivity index (χ1n) is 7.14. The van der Waals surface area contributed by atoms with E-state index in [0.29, 0.717) is 11.6 Å². The minimum Gasteiger partial charge on any atom is -0.497 e. The third kappa shape index (κ3) is 2.39. The zero-order valence-corrected chi connectivity index (χ0v) is 13.2. The summed E-state index contributed by atoms with van der Waals surface area (Å²) in [6.07, 6.45) is 1.70. The fraction of sp³-hybridized carbons (Fsp3) is 0.118. The Balaban J connectivity index is 1.91. The standard InChI is InChI=1S/C17H13ClN4O/c1-23-13-5-2-11(3-6-13)17-14-8-12(18)4-7-15(14)22-10-20-21-16(22)9-19-17/h2-8,10H,9H2,1H3. The van der Waals surface area contributed by atoms with E-state index in [2.05, 4.69) is 10.2 Å². The van der Waals surface area contributed by atoms with E-state index in [9.17, 15) is 0 Å². The maximum Gasteiger partial charge on any atom is 0.159 e. The number of halogens is 1. The highest BCUT2D eigenvalue weighted by Crippen LogP contribution is 2.27. The molecule has 5 nitrogen and oxygen atoms in total. The number of methoxy groups -OCH3 is 1. The van der Waals surface area contributed by atoms with Crippen molar-refractivity contribution in [3.8, 4) is 11.4 Å². The first-order chi connectivity index (χ1) is 11.3. The Morgan fingerprint density at radius 3 is 2.74 bits per heavy atom. The van der Waals surface area contributed by atoms with Gasteiger partial charge in [-0.3, -0.25) is 9.56 Å². The van der Waals surface area contributed by atoms with Gasteiger partial charge in [0.2, 0.25) is 0 Å². The molecule has 6 heteroatoms. The molecular weight excluding hydrogens is 312 g/mol. The van der Waals surface area contributed by atoms with Crippen LogP contribution in [0.5, 0.6) is 5.75 Å². The maximum atomic E-state index is 6.22. The lowest BCUT2D eigenvalue weighted by atomic mass is 10.0. The zero-order chi connectivity index (χ0) is 15.8. The van der Waals surface area contributed by atoms with Crippen molar-refractivity contribution in [1.82, 2.24) is 14.8 Å². The lowest BCUT2D eigenvalue weighted by Gasteiger charge is -2.12. The van der Waals surface area contributed by atoms with Gasteiger partial charge in [-0.15, -0.1) is 10.2 Å². The first kappa shape index (κ1) is 14.0. The number of nitrogens with zero attached hydrogens (tertiary/aromatic N) is 4. The molecule has 114 valence electrons. The van der Waals surface area contributed by atoms with E-state index in [-0.39, 0.29) is 0 Å². The van der Waals surface area contributed by atoms with Gasteiger partial charge in [-0.05, 0) is 42.5 Å². The van der Waals surface area contributed by atoms with Gasteiger partial charge in [-0.2, -0.15) is 0 Å². The summed E-state index contributed by atoms with van der Waals surface area (Å²) in [5, 5.41) is 8.80. The SMILES string of the molecule is COc1ccc(C2=NCc3nncn3-c3ccc(Cl)cc32)cc1. The monoisotopic (exact) mass is 324 g/mol. The first-order valence-corrected chi connectivity index (χ1v) is 7.52. The van der Waals surface area contributed by atoms with E-state index in [4.69, 9.17) is 21.3 Å². The molecular formula is C17H13ClN4O. The molecule has 1 aromatic heterocycles. The number of rotatable bonds is 2. The largest absolute Gasteiger partial charge is 0.497 e.